The van der Waals surface area contributed by atoms with Crippen molar-refractivity contribution in [1.82, 2.24) is 9.55 Å². The summed E-state index contributed by atoms with van der Waals surface area (Å²) < 4.78 is 7.00. The number of hydrogen-bond acceptors (Lipinski definition) is 4. The highest BCUT2D eigenvalue weighted by Crippen LogP contribution is 2.23. The van der Waals surface area contributed by atoms with Gasteiger partial charge >= 0.3 is 0 Å². The summed E-state index contributed by atoms with van der Waals surface area (Å²) in [5.74, 6) is -0.283. The molecular formula is C16H10ClIN2O3S. The lowest BCUT2D eigenvalue weighted by Crippen LogP contribution is -2.29. The molecule has 3 rings (SSSR count). The Labute approximate surface area is 160 Å². The second-order valence-corrected chi connectivity index (χ2v) is 6.98. The number of carbonyl (C=O) groups excluding carboxylic acids is 1. The number of hydrogen-bond donors (Lipinski definition) is 1. The lowest BCUT2D eigenvalue weighted by Gasteiger charge is -2.10. The maximum absolute atomic E-state index is 12.9. The number of aromatic nitrogens is 2. The highest BCUT2D eigenvalue weighted by molar-refractivity contribution is 14.1. The lowest BCUT2D eigenvalue weighted by atomic mass is 10.2. The van der Waals surface area contributed by atoms with Crippen LogP contribution in [0.4, 0.5) is 0 Å². The Kier molecular flexibility index (Phi) is 4.75. The Morgan fingerprint density at radius 1 is 1.29 bits per heavy atom. The maximum Gasteiger partial charge on any atom is 0.270 e. The Bertz CT molecular complexity index is 1090. The van der Waals surface area contributed by atoms with Crippen molar-refractivity contribution >= 4 is 63.2 Å². The van der Waals surface area contributed by atoms with Gasteiger partial charge in [0.2, 0.25) is 0 Å². The number of benzene rings is 2. The predicted octanol–water partition coefficient (Wildman–Crippen LogP) is 4.01. The van der Waals surface area contributed by atoms with Crippen LogP contribution in [0.15, 0.2) is 41.2 Å². The molecule has 0 unspecified atom stereocenters. The van der Waals surface area contributed by atoms with Crippen molar-refractivity contribution in [1.29, 1.82) is 0 Å². The Morgan fingerprint density at radius 3 is 2.75 bits per heavy atom. The van der Waals surface area contributed by atoms with E-state index in [-0.39, 0.29) is 10.3 Å². The van der Waals surface area contributed by atoms with Crippen LogP contribution in [0.5, 0.6) is 5.75 Å². The van der Waals surface area contributed by atoms with Gasteiger partial charge in [-0.05, 0) is 71.2 Å². The first-order chi connectivity index (χ1) is 11.4. The molecular weight excluding hydrogens is 463 g/mol. The lowest BCUT2D eigenvalue weighted by molar-refractivity contribution is 0.0950. The second-order valence-electron chi connectivity index (χ2n) is 4.91. The van der Waals surface area contributed by atoms with Gasteiger partial charge in [-0.25, -0.2) is 4.57 Å². The molecule has 8 heteroatoms. The zero-order chi connectivity index (χ0) is 17.4. The molecule has 5 nitrogen and oxygen atoms in total. The average molecular weight is 473 g/mol. The molecule has 0 aliphatic carbocycles. The highest BCUT2D eigenvalue weighted by Gasteiger charge is 2.19. The van der Waals surface area contributed by atoms with Crippen LogP contribution in [0.3, 0.4) is 0 Å². The van der Waals surface area contributed by atoms with Crippen LogP contribution in [0.25, 0.3) is 10.9 Å². The molecule has 122 valence electrons. The van der Waals surface area contributed by atoms with Crippen molar-refractivity contribution in [3.8, 4) is 5.75 Å². The summed E-state index contributed by atoms with van der Waals surface area (Å²) in [5, 5.41) is 0.738. The summed E-state index contributed by atoms with van der Waals surface area (Å²) in [6.07, 6.45) is 0. The van der Waals surface area contributed by atoms with Crippen molar-refractivity contribution in [2.75, 3.05) is 7.11 Å². The van der Waals surface area contributed by atoms with Crippen LogP contribution < -0.4 is 10.3 Å². The predicted molar refractivity (Wildman–Crippen MR) is 104 cm³/mol. The van der Waals surface area contributed by atoms with E-state index < -0.39 is 11.5 Å². The van der Waals surface area contributed by atoms with E-state index >= 15 is 0 Å². The summed E-state index contributed by atoms with van der Waals surface area (Å²) >= 11 is 13.3. The van der Waals surface area contributed by atoms with E-state index in [0.717, 1.165) is 8.14 Å². The van der Waals surface area contributed by atoms with E-state index in [0.29, 0.717) is 21.7 Å². The third-order valence-corrected chi connectivity index (χ3v) is 4.65. The van der Waals surface area contributed by atoms with Gasteiger partial charge in [-0.3, -0.25) is 9.59 Å². The molecule has 24 heavy (non-hydrogen) atoms. The topological polar surface area (TPSA) is 64.1 Å². The van der Waals surface area contributed by atoms with E-state index in [4.69, 9.17) is 28.6 Å². The van der Waals surface area contributed by atoms with Crippen LogP contribution in [0, 0.1) is 8.34 Å². The molecule has 0 bridgehead atoms. The highest BCUT2D eigenvalue weighted by atomic mass is 127. The van der Waals surface area contributed by atoms with Gasteiger partial charge < -0.3 is 9.72 Å². The molecule has 1 aromatic heterocycles. The summed E-state index contributed by atoms with van der Waals surface area (Å²) in [6.45, 7) is 0. The van der Waals surface area contributed by atoms with Gasteiger partial charge in [0, 0.05) is 8.59 Å². The molecule has 0 amide bonds. The molecule has 1 N–H and O–H groups in total. The first kappa shape index (κ1) is 17.1. The molecule has 0 aliphatic rings. The minimum atomic E-state index is -0.596. The quantitative estimate of drug-likeness (QED) is 0.452. The average Bonchev–Trinajstić information content (AvgIpc) is 2.55. The normalized spacial score (nSPS) is 10.8. The molecule has 0 radical (unpaired) electrons. The third-order valence-electron chi connectivity index (χ3n) is 3.45. The van der Waals surface area contributed by atoms with Crippen molar-refractivity contribution in [2.24, 2.45) is 0 Å². The van der Waals surface area contributed by atoms with Gasteiger partial charge in [-0.1, -0.05) is 11.6 Å². The number of ether oxygens (including phenoxy) is 1. The van der Waals surface area contributed by atoms with Crippen LogP contribution in [-0.2, 0) is 0 Å². The molecule has 0 fully saturated rings. The number of H-pyrrole nitrogens is 1. The molecule has 0 saturated heterocycles. The fraction of sp³-hybridized carbons (Fsp3) is 0.0625. The molecule has 1 heterocycles. The van der Waals surface area contributed by atoms with E-state index in [1.165, 1.54) is 13.2 Å². The number of fused-ring (bicyclic) bond motifs is 1. The summed E-state index contributed by atoms with van der Waals surface area (Å²) in [6, 6.07) is 9.91. The van der Waals surface area contributed by atoms with Gasteiger partial charge in [0.25, 0.3) is 11.5 Å². The summed E-state index contributed by atoms with van der Waals surface area (Å²) in [5.41, 5.74) is 0.253. The second kappa shape index (κ2) is 6.66. The summed E-state index contributed by atoms with van der Waals surface area (Å²) in [7, 11) is 1.44. The van der Waals surface area contributed by atoms with Crippen LogP contribution >= 0.6 is 46.4 Å². The maximum atomic E-state index is 12.9. The van der Waals surface area contributed by atoms with E-state index in [1.807, 2.05) is 6.07 Å². The number of aromatic amines is 1. The largest absolute Gasteiger partial charge is 0.496 e. The number of carbonyl (C=O) groups is 1. The Morgan fingerprint density at radius 2 is 2.04 bits per heavy atom. The first-order valence-electron chi connectivity index (χ1n) is 6.75. The smallest absolute Gasteiger partial charge is 0.270 e. The zero-order valence-electron chi connectivity index (χ0n) is 12.3. The van der Waals surface area contributed by atoms with Gasteiger partial charge in [-0.2, -0.15) is 0 Å². The number of nitrogens with one attached hydrogen (secondary N) is 1. The number of nitrogens with zero attached hydrogens (tertiary/aromatic N) is 1. The van der Waals surface area contributed by atoms with Crippen molar-refractivity contribution in [3.63, 3.8) is 0 Å². The minimum Gasteiger partial charge on any atom is -0.496 e. The molecule has 0 atom stereocenters. The van der Waals surface area contributed by atoms with Gasteiger partial charge in [0.05, 0.1) is 23.6 Å². The van der Waals surface area contributed by atoms with Gasteiger partial charge in [0.15, 0.2) is 4.77 Å². The van der Waals surface area contributed by atoms with E-state index in [1.54, 1.807) is 24.3 Å². The first-order valence-corrected chi connectivity index (χ1v) is 8.61. The van der Waals surface area contributed by atoms with E-state index in [9.17, 15) is 9.59 Å². The molecule has 0 saturated carbocycles. The monoisotopic (exact) mass is 472 g/mol. The zero-order valence-corrected chi connectivity index (χ0v) is 16.0. The van der Waals surface area contributed by atoms with E-state index in [2.05, 4.69) is 27.6 Å². The fourth-order valence-electron chi connectivity index (χ4n) is 2.34. The van der Waals surface area contributed by atoms with Crippen LogP contribution in [-0.4, -0.2) is 22.6 Å². The molecule has 0 aliphatic heterocycles. The third kappa shape index (κ3) is 2.99. The number of methoxy groups -OCH3 is 1. The molecule has 0 spiro atoms. The SMILES string of the molecule is COc1ccc(Cl)cc1C(=O)n1c(=S)[nH]c2ccc(I)cc2c1=O. The fourth-order valence-corrected chi connectivity index (χ4v) is 3.28. The Balaban J connectivity index is 2.30. The van der Waals surface area contributed by atoms with Crippen LogP contribution in [0.1, 0.15) is 10.4 Å². The number of halogens is 2. The molecule has 3 aromatic rings. The van der Waals surface area contributed by atoms with Gasteiger partial charge in [-0.15, -0.1) is 0 Å². The number of rotatable bonds is 2. The van der Waals surface area contributed by atoms with Crippen molar-refractivity contribution in [3.05, 3.63) is 65.7 Å². The van der Waals surface area contributed by atoms with Crippen LogP contribution in [0.2, 0.25) is 5.02 Å². The summed E-state index contributed by atoms with van der Waals surface area (Å²) in [4.78, 5) is 28.6. The van der Waals surface area contributed by atoms with Crippen molar-refractivity contribution in [2.45, 2.75) is 0 Å². The molecule has 2 aromatic carbocycles. The van der Waals surface area contributed by atoms with Gasteiger partial charge in [0.1, 0.15) is 5.75 Å². The minimum absolute atomic E-state index is 0.0146. The Hall–Kier alpha value is -1.71. The standard InChI is InChI=1S/C16H10ClIN2O3S/c1-23-13-5-2-8(17)6-11(13)15(22)20-14(21)10-7-9(18)3-4-12(10)19-16(20)24/h2-7H,1H3,(H,19,24). The van der Waals surface area contributed by atoms with Crippen molar-refractivity contribution < 1.29 is 9.53 Å².